The van der Waals surface area contributed by atoms with Gasteiger partial charge in [-0.05, 0) is 95.6 Å². The maximum atomic E-state index is 6.50. The summed E-state index contributed by atoms with van der Waals surface area (Å²) in [4.78, 5) is 2.40. The van der Waals surface area contributed by atoms with Gasteiger partial charge in [-0.15, -0.1) is 11.3 Å². The zero-order valence-electron chi connectivity index (χ0n) is 31.3. The van der Waals surface area contributed by atoms with Crippen LogP contribution < -0.4 is 4.90 Å². The van der Waals surface area contributed by atoms with E-state index in [-0.39, 0.29) is 0 Å². The second-order valence-corrected chi connectivity index (χ2v) is 16.0. The van der Waals surface area contributed by atoms with Gasteiger partial charge >= 0.3 is 0 Å². The zero-order valence-corrected chi connectivity index (χ0v) is 32.2. The second kappa shape index (κ2) is 13.1. The van der Waals surface area contributed by atoms with Gasteiger partial charge in [-0.1, -0.05) is 127 Å². The fraction of sp³-hybridized carbons (Fsp3) is 0. The first kappa shape index (κ1) is 32.8. The van der Waals surface area contributed by atoms with Gasteiger partial charge in [-0.3, -0.25) is 0 Å². The Kier molecular flexibility index (Phi) is 7.40. The summed E-state index contributed by atoms with van der Waals surface area (Å²) in [6.45, 7) is 0. The van der Waals surface area contributed by atoms with Crippen molar-refractivity contribution in [1.29, 1.82) is 0 Å². The molecular weight excluding hydrogens is 725 g/mol. The summed E-state index contributed by atoms with van der Waals surface area (Å²) in [5, 5.41) is 7.30. The molecule has 0 amide bonds. The molecule has 3 aromatic heterocycles. The van der Waals surface area contributed by atoms with Crippen LogP contribution in [0.15, 0.2) is 211 Å². The van der Waals surface area contributed by atoms with E-state index in [9.17, 15) is 0 Å². The highest BCUT2D eigenvalue weighted by Crippen LogP contribution is 2.44. The lowest BCUT2D eigenvalue weighted by molar-refractivity contribution is 0.670. The van der Waals surface area contributed by atoms with E-state index in [1.165, 1.54) is 42.0 Å². The Bertz CT molecular complexity index is 3500. The Morgan fingerprint density at radius 3 is 1.90 bits per heavy atom. The standard InChI is InChI=1S/C54H34N2OS/c1-3-12-36(13-4-1)42-18-11-19-46-48-32-37(24-31-51(48)57-54(42)46)35-22-25-39(26-23-35)55(41-27-29-45-44-17-8-10-21-52(44)58-53(45)34-41)40-28-30-50-47(33-40)43-16-7-9-20-49(43)56(50)38-14-5-2-6-15-38/h1-34H. The molecule has 272 valence electrons. The Hall–Kier alpha value is -7.40. The van der Waals surface area contributed by atoms with Crippen LogP contribution in [0.3, 0.4) is 0 Å². The first-order valence-corrected chi connectivity index (χ1v) is 20.5. The summed E-state index contributed by atoms with van der Waals surface area (Å²) in [5.41, 5.74) is 13.2. The van der Waals surface area contributed by atoms with E-state index in [0.29, 0.717) is 0 Å². The van der Waals surface area contributed by atoms with Crippen molar-refractivity contribution in [2.24, 2.45) is 0 Å². The van der Waals surface area contributed by atoms with E-state index in [1.54, 1.807) is 0 Å². The predicted molar refractivity (Wildman–Crippen MR) is 247 cm³/mol. The van der Waals surface area contributed by atoms with Gasteiger partial charge in [0.15, 0.2) is 0 Å². The first-order valence-electron chi connectivity index (χ1n) is 19.7. The number of thiophene rings is 1. The number of hydrogen-bond donors (Lipinski definition) is 0. The Morgan fingerprint density at radius 2 is 1.03 bits per heavy atom. The van der Waals surface area contributed by atoms with Crippen molar-refractivity contribution >= 4 is 92.3 Å². The number of rotatable bonds is 6. The fourth-order valence-corrected chi connectivity index (χ4v) is 10.0. The summed E-state index contributed by atoms with van der Waals surface area (Å²) < 4.78 is 11.5. The topological polar surface area (TPSA) is 21.3 Å². The van der Waals surface area contributed by atoms with Crippen LogP contribution in [0.25, 0.3) is 91.9 Å². The molecule has 0 saturated carbocycles. The highest BCUT2D eigenvalue weighted by atomic mass is 32.1. The molecule has 58 heavy (non-hydrogen) atoms. The first-order chi connectivity index (χ1) is 28.7. The summed E-state index contributed by atoms with van der Waals surface area (Å²) >= 11 is 1.85. The van der Waals surface area contributed by atoms with Gasteiger partial charge in [0.1, 0.15) is 11.2 Å². The van der Waals surface area contributed by atoms with E-state index in [4.69, 9.17) is 4.42 Å². The Labute approximate surface area is 338 Å². The minimum Gasteiger partial charge on any atom is -0.455 e. The zero-order chi connectivity index (χ0) is 38.2. The third-order valence-corrected chi connectivity index (χ3v) is 12.7. The fourth-order valence-electron chi connectivity index (χ4n) is 8.88. The number of hydrogen-bond acceptors (Lipinski definition) is 3. The molecule has 0 radical (unpaired) electrons. The number of fused-ring (bicyclic) bond motifs is 9. The Morgan fingerprint density at radius 1 is 0.379 bits per heavy atom. The summed E-state index contributed by atoms with van der Waals surface area (Å²) in [6, 6.07) is 74.4. The molecule has 0 aliphatic heterocycles. The van der Waals surface area contributed by atoms with Gasteiger partial charge in [0.25, 0.3) is 0 Å². The van der Waals surface area contributed by atoms with Crippen molar-refractivity contribution in [3.63, 3.8) is 0 Å². The number of benzene rings is 9. The van der Waals surface area contributed by atoms with Gasteiger partial charge in [-0.2, -0.15) is 0 Å². The van der Waals surface area contributed by atoms with Gasteiger partial charge < -0.3 is 13.9 Å². The lowest BCUT2D eigenvalue weighted by Crippen LogP contribution is -2.09. The molecule has 0 aliphatic rings. The van der Waals surface area contributed by atoms with Crippen molar-refractivity contribution in [3.8, 4) is 27.9 Å². The molecule has 12 aromatic rings. The quantitative estimate of drug-likeness (QED) is 0.168. The van der Waals surface area contributed by atoms with Crippen LogP contribution in [0.5, 0.6) is 0 Å². The summed E-state index contributed by atoms with van der Waals surface area (Å²) in [5.74, 6) is 0. The molecule has 3 nitrogen and oxygen atoms in total. The maximum Gasteiger partial charge on any atom is 0.143 e. The molecule has 0 N–H and O–H groups in total. The normalized spacial score (nSPS) is 11.8. The molecule has 12 rings (SSSR count). The van der Waals surface area contributed by atoms with Crippen molar-refractivity contribution < 1.29 is 4.42 Å². The highest BCUT2D eigenvalue weighted by Gasteiger charge is 2.19. The van der Waals surface area contributed by atoms with Gasteiger partial charge in [0.05, 0.1) is 11.0 Å². The molecule has 0 spiro atoms. The largest absolute Gasteiger partial charge is 0.455 e. The minimum absolute atomic E-state index is 0.894. The average Bonchev–Trinajstić information content (AvgIpc) is 3.96. The molecule has 3 heterocycles. The summed E-state index contributed by atoms with van der Waals surface area (Å²) in [6.07, 6.45) is 0. The number of anilines is 3. The van der Waals surface area contributed by atoms with E-state index in [1.807, 2.05) is 17.4 Å². The second-order valence-electron chi connectivity index (χ2n) is 14.9. The molecule has 0 atom stereocenters. The van der Waals surface area contributed by atoms with Gasteiger partial charge in [0, 0.05) is 70.0 Å². The summed E-state index contributed by atoms with van der Waals surface area (Å²) in [7, 11) is 0. The van der Waals surface area contributed by atoms with E-state index >= 15 is 0 Å². The van der Waals surface area contributed by atoms with Crippen molar-refractivity contribution in [3.05, 3.63) is 206 Å². The van der Waals surface area contributed by atoms with E-state index in [2.05, 4.69) is 210 Å². The molecule has 4 heteroatoms. The van der Waals surface area contributed by atoms with Crippen LogP contribution in [-0.4, -0.2) is 4.57 Å². The highest BCUT2D eigenvalue weighted by molar-refractivity contribution is 7.25. The smallest absolute Gasteiger partial charge is 0.143 e. The minimum atomic E-state index is 0.894. The van der Waals surface area contributed by atoms with Crippen molar-refractivity contribution in [1.82, 2.24) is 4.57 Å². The molecule has 0 saturated heterocycles. The monoisotopic (exact) mass is 758 g/mol. The average molecular weight is 759 g/mol. The molecule has 0 bridgehead atoms. The number of furan rings is 1. The van der Waals surface area contributed by atoms with Gasteiger partial charge in [-0.25, -0.2) is 0 Å². The van der Waals surface area contributed by atoms with Gasteiger partial charge in [0.2, 0.25) is 0 Å². The molecule has 9 aromatic carbocycles. The lowest BCUT2D eigenvalue weighted by Gasteiger charge is -2.26. The van der Waals surface area contributed by atoms with Crippen LogP contribution in [0.1, 0.15) is 0 Å². The van der Waals surface area contributed by atoms with Crippen LogP contribution in [-0.2, 0) is 0 Å². The van der Waals surface area contributed by atoms with Crippen molar-refractivity contribution in [2.45, 2.75) is 0 Å². The van der Waals surface area contributed by atoms with E-state index in [0.717, 1.165) is 66.9 Å². The van der Waals surface area contributed by atoms with E-state index < -0.39 is 0 Å². The van der Waals surface area contributed by atoms with Crippen LogP contribution >= 0.6 is 11.3 Å². The molecule has 0 fully saturated rings. The predicted octanol–water partition coefficient (Wildman–Crippen LogP) is 15.9. The number of nitrogens with zero attached hydrogens (tertiary/aromatic N) is 2. The Balaban J connectivity index is 0.997. The molecule has 0 aliphatic carbocycles. The molecule has 0 unspecified atom stereocenters. The van der Waals surface area contributed by atoms with Crippen molar-refractivity contribution in [2.75, 3.05) is 4.90 Å². The van der Waals surface area contributed by atoms with Crippen LogP contribution in [0.2, 0.25) is 0 Å². The SMILES string of the molecule is c1ccc(-c2cccc3c2oc2ccc(-c4ccc(N(c5ccc6c(c5)sc5ccccc56)c5ccc6c(c5)c5ccccc5n6-c5ccccc5)cc4)cc23)cc1. The molecular formula is C54H34N2OS. The lowest BCUT2D eigenvalue weighted by atomic mass is 10.00. The van der Waals surface area contributed by atoms with Crippen LogP contribution in [0.4, 0.5) is 17.1 Å². The third-order valence-electron chi connectivity index (χ3n) is 11.6. The maximum absolute atomic E-state index is 6.50. The third kappa shape index (κ3) is 5.19. The van der Waals surface area contributed by atoms with Crippen LogP contribution in [0, 0.1) is 0 Å². The number of para-hydroxylation sites is 3. The number of aromatic nitrogens is 1.